The van der Waals surface area contributed by atoms with E-state index in [1.54, 1.807) is 32.1 Å². The van der Waals surface area contributed by atoms with Crippen LogP contribution in [0.2, 0.25) is 0 Å². The lowest BCUT2D eigenvalue weighted by Crippen LogP contribution is -2.32. The Kier molecular flexibility index (Phi) is 5.83. The van der Waals surface area contributed by atoms with Gasteiger partial charge in [0.05, 0.1) is 29.4 Å². The summed E-state index contributed by atoms with van der Waals surface area (Å²) in [6, 6.07) is 6.73. The first-order valence-electron chi connectivity index (χ1n) is 10.4. The number of hydrogen-bond acceptors (Lipinski definition) is 4. The average Bonchev–Trinajstić information content (AvgIpc) is 3.31. The normalized spacial score (nSPS) is 25.4. The molecule has 2 aromatic rings. The molecular weight excluding hydrogens is 426 g/mol. The van der Waals surface area contributed by atoms with E-state index in [0.29, 0.717) is 24.0 Å². The molecule has 1 aliphatic carbocycles. The number of aromatic nitrogens is 1. The van der Waals surface area contributed by atoms with Gasteiger partial charge in [-0.15, -0.1) is 0 Å². The molecule has 1 saturated carbocycles. The van der Waals surface area contributed by atoms with Gasteiger partial charge in [-0.1, -0.05) is 12.1 Å². The molecule has 0 saturated heterocycles. The number of carbonyl (C=O) groups is 1. The molecule has 0 amide bonds. The third kappa shape index (κ3) is 4.03. The van der Waals surface area contributed by atoms with Crippen molar-refractivity contribution in [2.24, 2.45) is 5.92 Å². The summed E-state index contributed by atoms with van der Waals surface area (Å²) in [5, 5.41) is 0. The van der Waals surface area contributed by atoms with E-state index in [0.717, 1.165) is 18.5 Å². The first-order valence-corrected chi connectivity index (χ1v) is 10.4. The number of hydrogen-bond donors (Lipinski definition) is 0. The molecule has 2 aliphatic rings. The van der Waals surface area contributed by atoms with Gasteiger partial charge >= 0.3 is 6.18 Å². The Labute approximate surface area is 183 Å². The molecule has 1 fully saturated rings. The van der Waals surface area contributed by atoms with Crippen molar-refractivity contribution in [2.45, 2.75) is 50.5 Å². The molecule has 8 heteroatoms. The number of alkyl halides is 3. The summed E-state index contributed by atoms with van der Waals surface area (Å²) in [6.45, 7) is 3.35. The van der Waals surface area contributed by atoms with Gasteiger partial charge < -0.3 is 14.3 Å². The molecule has 0 unspecified atom stereocenters. The highest BCUT2D eigenvalue weighted by atomic mass is 19.4. The third-order valence-electron chi connectivity index (χ3n) is 6.03. The van der Waals surface area contributed by atoms with Crippen molar-refractivity contribution in [3.8, 4) is 5.88 Å². The zero-order chi connectivity index (χ0) is 23.1. The average molecular weight is 449 g/mol. The number of halogens is 4. The minimum Gasteiger partial charge on any atom is -0.474 e. The highest BCUT2D eigenvalue weighted by Gasteiger charge is 2.52. The summed E-state index contributed by atoms with van der Waals surface area (Å²) in [6.07, 6.45) is -0.398. The van der Waals surface area contributed by atoms with Crippen LogP contribution in [-0.4, -0.2) is 29.6 Å². The second-order valence-electron chi connectivity index (χ2n) is 8.48. The summed E-state index contributed by atoms with van der Waals surface area (Å²) in [5.74, 6) is -1.34. The smallest absolute Gasteiger partial charge is 0.417 e. The minimum atomic E-state index is -4.61. The molecule has 4 nitrogen and oxygen atoms in total. The zero-order valence-electron chi connectivity index (χ0n) is 17.7. The summed E-state index contributed by atoms with van der Waals surface area (Å²) in [7, 11) is 0. The fraction of sp³-hybridized carbons (Fsp3) is 0.417. The maximum atomic E-state index is 13.9. The van der Waals surface area contributed by atoms with E-state index >= 15 is 0 Å². The predicted molar refractivity (Wildman–Crippen MR) is 110 cm³/mol. The van der Waals surface area contributed by atoms with Crippen molar-refractivity contribution < 1.29 is 31.8 Å². The van der Waals surface area contributed by atoms with Crippen LogP contribution in [0.15, 0.2) is 42.6 Å². The van der Waals surface area contributed by atoms with Gasteiger partial charge in [0.1, 0.15) is 12.1 Å². The summed E-state index contributed by atoms with van der Waals surface area (Å²) in [5.41, 5.74) is -0.928. The number of rotatable bonds is 5. The molecule has 0 bridgehead atoms. The van der Waals surface area contributed by atoms with Crippen molar-refractivity contribution in [3.63, 3.8) is 0 Å². The van der Waals surface area contributed by atoms with Gasteiger partial charge in [-0.3, -0.25) is 0 Å². The molecule has 1 aromatic carbocycles. The third-order valence-corrected chi connectivity index (χ3v) is 6.03. The van der Waals surface area contributed by atoms with E-state index < -0.39 is 35.0 Å². The quantitative estimate of drug-likeness (QED) is 0.442. The van der Waals surface area contributed by atoms with Gasteiger partial charge in [-0.25, -0.2) is 9.37 Å². The summed E-state index contributed by atoms with van der Waals surface area (Å²) >= 11 is 0. The Hall–Kier alpha value is -2.74. The summed E-state index contributed by atoms with van der Waals surface area (Å²) < 4.78 is 66.8. The summed E-state index contributed by atoms with van der Waals surface area (Å²) in [4.78, 5) is 15.8. The molecule has 32 heavy (non-hydrogen) atoms. The van der Waals surface area contributed by atoms with Crippen molar-refractivity contribution in [1.82, 2.24) is 4.98 Å². The maximum absolute atomic E-state index is 13.9. The fourth-order valence-electron chi connectivity index (χ4n) is 4.78. The van der Waals surface area contributed by atoms with Gasteiger partial charge in [-0.05, 0) is 62.1 Å². The van der Waals surface area contributed by atoms with Crippen LogP contribution in [-0.2, 0) is 15.7 Å². The Morgan fingerprint density at radius 3 is 2.56 bits per heavy atom. The Bertz CT molecular complexity index is 1030. The Balaban J connectivity index is 1.83. The zero-order valence-corrected chi connectivity index (χ0v) is 17.7. The Morgan fingerprint density at radius 1 is 1.22 bits per heavy atom. The van der Waals surface area contributed by atoms with Gasteiger partial charge in [0.25, 0.3) is 0 Å². The highest BCUT2D eigenvalue weighted by molar-refractivity contribution is 5.76. The van der Waals surface area contributed by atoms with Crippen molar-refractivity contribution in [3.05, 3.63) is 65.1 Å². The highest BCUT2D eigenvalue weighted by Crippen LogP contribution is 2.54. The molecule has 4 rings (SSSR count). The first kappa shape index (κ1) is 22.5. The van der Waals surface area contributed by atoms with E-state index in [2.05, 4.69) is 4.98 Å². The molecule has 2 heterocycles. The van der Waals surface area contributed by atoms with Gasteiger partial charge in [0.15, 0.2) is 0 Å². The van der Waals surface area contributed by atoms with Crippen molar-refractivity contribution >= 4 is 11.9 Å². The number of carbonyl (C=O) groups excluding carboxylic acids is 1. The molecular formula is C24H23F4NO3. The maximum Gasteiger partial charge on any atom is 0.417 e. The second-order valence-corrected chi connectivity index (χ2v) is 8.48. The minimum absolute atomic E-state index is 0.0769. The van der Waals surface area contributed by atoms with Gasteiger partial charge in [0.2, 0.25) is 5.88 Å². The molecule has 3 atom stereocenters. The lowest BCUT2D eigenvalue weighted by Gasteiger charge is -2.31. The van der Waals surface area contributed by atoms with Crippen LogP contribution < -0.4 is 4.74 Å². The van der Waals surface area contributed by atoms with E-state index in [-0.39, 0.29) is 24.2 Å². The van der Waals surface area contributed by atoms with Crippen LogP contribution in [0.4, 0.5) is 17.6 Å². The van der Waals surface area contributed by atoms with Crippen LogP contribution in [0.5, 0.6) is 5.88 Å². The standard InChI is InChI=1S/C24H23F4NO3/c1-14(2)32-22-20(19(8-10-29-22)24(26,27)28)17-11-23(31-13-17)9-7-16(12-30)21(23)15-3-5-18(25)6-4-15/h3-6,8,10-12,14,16,21H,7,9,13H2,1-2H3/t16-,21-,23-/m1/s1. The second kappa shape index (κ2) is 8.31. The van der Waals surface area contributed by atoms with Crippen LogP contribution in [0, 0.1) is 11.7 Å². The molecule has 1 aromatic heterocycles. The largest absolute Gasteiger partial charge is 0.474 e. The number of ether oxygens (including phenoxy) is 2. The molecule has 170 valence electrons. The molecule has 1 aliphatic heterocycles. The Morgan fingerprint density at radius 2 is 1.94 bits per heavy atom. The lowest BCUT2D eigenvalue weighted by atomic mass is 9.80. The number of pyridine rings is 1. The molecule has 0 radical (unpaired) electrons. The van der Waals surface area contributed by atoms with Crippen LogP contribution in [0.25, 0.3) is 5.57 Å². The van der Waals surface area contributed by atoms with Gasteiger partial charge in [0, 0.05) is 18.0 Å². The molecule has 0 N–H and O–H groups in total. The monoisotopic (exact) mass is 449 g/mol. The van der Waals surface area contributed by atoms with E-state index in [9.17, 15) is 22.4 Å². The lowest BCUT2D eigenvalue weighted by molar-refractivity contribution is -0.138. The van der Waals surface area contributed by atoms with Crippen LogP contribution in [0.1, 0.15) is 49.3 Å². The first-order chi connectivity index (χ1) is 15.1. The van der Waals surface area contributed by atoms with Crippen molar-refractivity contribution in [1.29, 1.82) is 0 Å². The van der Waals surface area contributed by atoms with E-state index in [1.165, 1.54) is 12.1 Å². The van der Waals surface area contributed by atoms with Crippen molar-refractivity contribution in [2.75, 3.05) is 6.61 Å². The topological polar surface area (TPSA) is 48.4 Å². The van der Waals surface area contributed by atoms with Gasteiger partial charge in [-0.2, -0.15) is 13.2 Å². The SMILES string of the molecule is CC(C)Oc1nccc(C(F)(F)F)c1C1=C[C@@]2(CC[C@H](C=O)[C@H]2c2ccc(F)cc2)OC1. The van der Waals surface area contributed by atoms with Crippen LogP contribution in [0.3, 0.4) is 0 Å². The predicted octanol–water partition coefficient (Wildman–Crippen LogP) is 5.57. The number of benzene rings is 1. The van der Waals surface area contributed by atoms with E-state index in [1.807, 2.05) is 0 Å². The molecule has 1 spiro atoms. The number of nitrogens with zero attached hydrogens (tertiary/aromatic N) is 1. The fourth-order valence-corrected chi connectivity index (χ4v) is 4.78. The van der Waals surface area contributed by atoms with Crippen LogP contribution >= 0.6 is 0 Å². The van der Waals surface area contributed by atoms with E-state index in [4.69, 9.17) is 9.47 Å². The number of aldehydes is 1.